The fraction of sp³-hybridized carbons (Fsp3) is 0.312. The second-order valence-electron chi connectivity index (χ2n) is 4.77. The molecule has 2 aromatic rings. The summed E-state index contributed by atoms with van der Waals surface area (Å²) < 4.78 is 0. The summed E-state index contributed by atoms with van der Waals surface area (Å²) in [5, 5.41) is 2.95. The smallest absolute Gasteiger partial charge is 0.265 e. The molecule has 0 aliphatic rings. The molecule has 19 heavy (non-hydrogen) atoms. The third kappa shape index (κ3) is 3.44. The number of benzene rings is 1. The lowest BCUT2D eigenvalue weighted by Crippen LogP contribution is -2.10. The monoisotopic (exact) mass is 273 g/mol. The van der Waals surface area contributed by atoms with Gasteiger partial charge in [-0.05, 0) is 49.6 Å². The van der Waals surface area contributed by atoms with Gasteiger partial charge < -0.3 is 5.32 Å². The fourth-order valence-electron chi connectivity index (χ4n) is 2.06. The number of aryl methyl sites for hydroxylation is 3. The summed E-state index contributed by atoms with van der Waals surface area (Å²) in [6.45, 7) is 6.26. The molecule has 0 saturated carbocycles. The highest BCUT2D eigenvalue weighted by atomic mass is 32.1. The highest BCUT2D eigenvalue weighted by Crippen LogP contribution is 2.24. The Morgan fingerprint density at radius 3 is 2.74 bits per heavy atom. The summed E-state index contributed by atoms with van der Waals surface area (Å²) in [4.78, 5) is 14.2. The summed E-state index contributed by atoms with van der Waals surface area (Å²) in [5.41, 5.74) is 3.29. The highest BCUT2D eigenvalue weighted by Gasteiger charge is 2.12. The van der Waals surface area contributed by atoms with E-state index in [0.717, 1.165) is 29.0 Å². The number of rotatable bonds is 4. The first-order chi connectivity index (χ1) is 9.10. The molecule has 0 spiro atoms. The van der Waals surface area contributed by atoms with Gasteiger partial charge in [0.05, 0.1) is 4.88 Å². The van der Waals surface area contributed by atoms with Crippen LogP contribution in [-0.4, -0.2) is 5.91 Å². The van der Waals surface area contributed by atoms with Gasteiger partial charge in [0.15, 0.2) is 0 Å². The van der Waals surface area contributed by atoms with Gasteiger partial charge in [-0.3, -0.25) is 4.79 Å². The number of thiophene rings is 1. The Morgan fingerprint density at radius 1 is 1.26 bits per heavy atom. The molecule has 3 heteroatoms. The lowest BCUT2D eigenvalue weighted by molar-refractivity contribution is 0.103. The second-order valence-corrected chi connectivity index (χ2v) is 6.02. The van der Waals surface area contributed by atoms with Crippen molar-refractivity contribution in [1.82, 2.24) is 0 Å². The fourth-order valence-corrected chi connectivity index (χ4v) is 3.03. The molecule has 0 radical (unpaired) electrons. The van der Waals surface area contributed by atoms with Crippen molar-refractivity contribution in [3.8, 4) is 0 Å². The van der Waals surface area contributed by atoms with Crippen molar-refractivity contribution in [2.24, 2.45) is 0 Å². The highest BCUT2D eigenvalue weighted by molar-refractivity contribution is 7.14. The Balaban J connectivity index is 2.14. The van der Waals surface area contributed by atoms with Crippen LogP contribution in [0.3, 0.4) is 0 Å². The number of amides is 1. The Labute approximate surface area is 118 Å². The van der Waals surface area contributed by atoms with E-state index in [1.807, 2.05) is 37.3 Å². The first-order valence-electron chi connectivity index (χ1n) is 6.57. The van der Waals surface area contributed by atoms with E-state index in [2.05, 4.69) is 19.2 Å². The molecule has 1 N–H and O–H groups in total. The van der Waals surface area contributed by atoms with Crippen LogP contribution in [0.15, 0.2) is 30.3 Å². The molecular formula is C16H19NOS. The van der Waals surface area contributed by atoms with E-state index in [9.17, 15) is 4.79 Å². The van der Waals surface area contributed by atoms with Crippen LogP contribution in [0, 0.1) is 13.8 Å². The Bertz CT molecular complexity index is 586. The minimum atomic E-state index is -0.0129. The Kier molecular flexibility index (Phi) is 4.38. The van der Waals surface area contributed by atoms with Crippen LogP contribution in [0.2, 0.25) is 0 Å². The van der Waals surface area contributed by atoms with Crippen LogP contribution < -0.4 is 5.32 Å². The second kappa shape index (κ2) is 6.02. The molecular weight excluding hydrogens is 254 g/mol. The molecule has 0 aliphatic heterocycles. The average molecular weight is 273 g/mol. The maximum absolute atomic E-state index is 12.2. The topological polar surface area (TPSA) is 29.1 Å². The van der Waals surface area contributed by atoms with Crippen molar-refractivity contribution >= 4 is 22.9 Å². The Hall–Kier alpha value is -1.61. The van der Waals surface area contributed by atoms with Crippen molar-refractivity contribution < 1.29 is 4.79 Å². The third-order valence-corrected chi connectivity index (χ3v) is 4.13. The molecule has 0 fully saturated rings. The summed E-state index contributed by atoms with van der Waals surface area (Å²) in [6.07, 6.45) is 2.15. The largest absolute Gasteiger partial charge is 0.321 e. The number of hydrogen-bond acceptors (Lipinski definition) is 2. The molecule has 0 aliphatic carbocycles. The number of anilines is 1. The van der Waals surface area contributed by atoms with Crippen LogP contribution in [0.25, 0.3) is 0 Å². The van der Waals surface area contributed by atoms with Gasteiger partial charge >= 0.3 is 0 Å². The van der Waals surface area contributed by atoms with Gasteiger partial charge in [0, 0.05) is 10.6 Å². The normalized spacial score (nSPS) is 10.5. The lowest BCUT2D eigenvalue weighted by atomic mass is 10.1. The molecule has 2 nitrogen and oxygen atoms in total. The summed E-state index contributed by atoms with van der Waals surface area (Å²) in [5.74, 6) is -0.0129. The first-order valence-corrected chi connectivity index (χ1v) is 7.39. The van der Waals surface area contributed by atoms with Gasteiger partial charge in [-0.15, -0.1) is 11.3 Å². The summed E-state index contributed by atoms with van der Waals surface area (Å²) in [6, 6.07) is 9.88. The maximum Gasteiger partial charge on any atom is 0.265 e. The molecule has 1 amide bonds. The average Bonchev–Trinajstić information content (AvgIpc) is 2.72. The minimum Gasteiger partial charge on any atom is -0.321 e. The summed E-state index contributed by atoms with van der Waals surface area (Å²) >= 11 is 1.57. The maximum atomic E-state index is 12.2. The van der Waals surface area contributed by atoms with E-state index >= 15 is 0 Å². The van der Waals surface area contributed by atoms with Crippen molar-refractivity contribution in [2.75, 3.05) is 5.32 Å². The molecule has 0 bridgehead atoms. The lowest BCUT2D eigenvalue weighted by Gasteiger charge is -2.04. The zero-order valence-electron chi connectivity index (χ0n) is 11.6. The standard InChI is InChI=1S/C16H19NOS/c1-4-6-13-10-15(19-12(13)3)16(18)17-14-8-5-7-11(2)9-14/h5,7-10H,4,6H2,1-3H3,(H,17,18). The number of hydrogen-bond donors (Lipinski definition) is 1. The van der Waals surface area contributed by atoms with Crippen LogP contribution in [0.5, 0.6) is 0 Å². The zero-order valence-corrected chi connectivity index (χ0v) is 12.4. The molecule has 100 valence electrons. The van der Waals surface area contributed by atoms with Gasteiger partial charge in [-0.25, -0.2) is 0 Å². The molecule has 0 saturated heterocycles. The van der Waals surface area contributed by atoms with E-state index < -0.39 is 0 Å². The van der Waals surface area contributed by atoms with Gasteiger partial charge in [0.2, 0.25) is 0 Å². The van der Waals surface area contributed by atoms with Crippen LogP contribution in [-0.2, 0) is 6.42 Å². The SMILES string of the molecule is CCCc1cc(C(=O)Nc2cccc(C)c2)sc1C. The van der Waals surface area contributed by atoms with Crippen LogP contribution in [0.4, 0.5) is 5.69 Å². The predicted octanol–water partition coefficient (Wildman–Crippen LogP) is 4.57. The number of carbonyl (C=O) groups excluding carboxylic acids is 1. The minimum absolute atomic E-state index is 0.0129. The van der Waals surface area contributed by atoms with Crippen LogP contribution >= 0.6 is 11.3 Å². The van der Waals surface area contributed by atoms with Crippen LogP contribution in [0.1, 0.15) is 39.0 Å². The molecule has 1 heterocycles. The van der Waals surface area contributed by atoms with Gasteiger partial charge in [0.25, 0.3) is 5.91 Å². The van der Waals surface area contributed by atoms with Crippen molar-refractivity contribution in [3.05, 3.63) is 51.2 Å². The third-order valence-electron chi connectivity index (χ3n) is 3.04. The van der Waals surface area contributed by atoms with Gasteiger partial charge in [0.1, 0.15) is 0 Å². The van der Waals surface area contributed by atoms with Crippen molar-refractivity contribution in [3.63, 3.8) is 0 Å². The molecule has 0 unspecified atom stereocenters. The van der Waals surface area contributed by atoms with Gasteiger partial charge in [-0.2, -0.15) is 0 Å². The molecule has 0 atom stereocenters. The molecule has 2 rings (SSSR count). The molecule has 1 aromatic heterocycles. The van der Waals surface area contributed by atoms with E-state index in [4.69, 9.17) is 0 Å². The zero-order chi connectivity index (χ0) is 13.8. The predicted molar refractivity (Wildman–Crippen MR) is 82.2 cm³/mol. The van der Waals surface area contributed by atoms with Crippen molar-refractivity contribution in [2.45, 2.75) is 33.6 Å². The van der Waals surface area contributed by atoms with E-state index in [1.54, 1.807) is 11.3 Å². The number of nitrogens with one attached hydrogen (secondary N) is 1. The van der Waals surface area contributed by atoms with Gasteiger partial charge in [-0.1, -0.05) is 25.5 Å². The number of carbonyl (C=O) groups is 1. The first kappa shape index (κ1) is 13.8. The van der Waals surface area contributed by atoms with E-state index in [0.29, 0.717) is 0 Å². The van der Waals surface area contributed by atoms with E-state index in [1.165, 1.54) is 10.4 Å². The summed E-state index contributed by atoms with van der Waals surface area (Å²) in [7, 11) is 0. The molecule has 1 aromatic carbocycles. The Morgan fingerprint density at radius 2 is 2.05 bits per heavy atom. The van der Waals surface area contributed by atoms with Crippen molar-refractivity contribution in [1.29, 1.82) is 0 Å². The quantitative estimate of drug-likeness (QED) is 0.868. The van der Waals surface area contributed by atoms with E-state index in [-0.39, 0.29) is 5.91 Å².